The average molecular weight is 242 g/mol. The number of nitrogens with zero attached hydrogens (tertiary/aromatic N) is 1. The van der Waals surface area contributed by atoms with Crippen LogP contribution in [0.15, 0.2) is 39.5 Å². The minimum atomic E-state index is -0.285. The molecule has 1 aromatic heterocycles. The molecule has 13 heavy (non-hydrogen) atoms. The second-order valence-corrected chi connectivity index (χ2v) is 3.38. The molecule has 0 radical (unpaired) electrons. The number of hydrogen-bond acceptors (Lipinski definition) is 2. The van der Waals surface area contributed by atoms with E-state index in [2.05, 4.69) is 21.1 Å². The molecule has 0 saturated carbocycles. The van der Waals surface area contributed by atoms with E-state index >= 15 is 0 Å². The lowest BCUT2D eigenvalue weighted by molar-refractivity contribution is 0.421. The van der Waals surface area contributed by atoms with Gasteiger partial charge in [0, 0.05) is 5.56 Å². The van der Waals surface area contributed by atoms with E-state index in [1.807, 2.05) is 0 Å². The first-order chi connectivity index (χ1) is 6.27. The van der Waals surface area contributed by atoms with Gasteiger partial charge in [0.1, 0.15) is 17.8 Å². The number of hydrogen-bond donors (Lipinski definition) is 0. The lowest BCUT2D eigenvalue weighted by Crippen LogP contribution is -1.79. The normalized spacial score (nSPS) is 10.3. The van der Waals surface area contributed by atoms with Crippen molar-refractivity contribution in [3.05, 3.63) is 40.8 Å². The maximum atomic E-state index is 12.8. The first kappa shape index (κ1) is 8.44. The van der Waals surface area contributed by atoms with E-state index in [1.165, 1.54) is 18.4 Å². The quantitative estimate of drug-likeness (QED) is 0.767. The van der Waals surface area contributed by atoms with Crippen molar-refractivity contribution in [2.75, 3.05) is 0 Å². The largest absolute Gasteiger partial charge is 0.363 e. The molecule has 0 unspecified atom stereocenters. The van der Waals surface area contributed by atoms with Crippen LogP contribution in [0.5, 0.6) is 0 Å². The fraction of sp³-hybridized carbons (Fsp3) is 0. The molecule has 1 aromatic carbocycles. The van der Waals surface area contributed by atoms with Crippen molar-refractivity contribution in [2.24, 2.45) is 0 Å². The molecule has 0 N–H and O–H groups in total. The van der Waals surface area contributed by atoms with Crippen LogP contribution < -0.4 is 0 Å². The predicted octanol–water partition coefficient (Wildman–Crippen LogP) is 3.24. The first-order valence-electron chi connectivity index (χ1n) is 3.63. The average Bonchev–Trinajstić information content (AvgIpc) is 2.51. The third-order valence-corrected chi connectivity index (χ3v) is 2.19. The van der Waals surface area contributed by atoms with Gasteiger partial charge in [-0.2, -0.15) is 0 Å². The van der Waals surface area contributed by atoms with Crippen LogP contribution in [0.1, 0.15) is 0 Å². The van der Waals surface area contributed by atoms with Gasteiger partial charge in [-0.05, 0) is 28.1 Å². The van der Waals surface area contributed by atoms with Gasteiger partial charge in [-0.25, -0.2) is 4.39 Å². The molecule has 0 aliphatic heterocycles. The predicted molar refractivity (Wildman–Crippen MR) is 49.6 cm³/mol. The Morgan fingerprint density at radius 2 is 2.23 bits per heavy atom. The van der Waals surface area contributed by atoms with E-state index in [0.717, 1.165) is 4.47 Å². The Morgan fingerprint density at radius 1 is 1.38 bits per heavy atom. The highest BCUT2D eigenvalue weighted by Crippen LogP contribution is 2.26. The van der Waals surface area contributed by atoms with Gasteiger partial charge in [0.25, 0.3) is 0 Å². The Kier molecular flexibility index (Phi) is 2.14. The summed E-state index contributed by atoms with van der Waals surface area (Å²) in [5.74, 6) is -0.285. The lowest BCUT2D eigenvalue weighted by Gasteiger charge is -1.95. The fourth-order valence-electron chi connectivity index (χ4n) is 1.05. The number of aromatic nitrogens is 1. The molecule has 0 spiro atoms. The minimum Gasteiger partial charge on any atom is -0.363 e. The molecule has 4 heteroatoms. The molecule has 0 aliphatic carbocycles. The summed E-state index contributed by atoms with van der Waals surface area (Å²) in [4.78, 5) is 0. The number of benzene rings is 1. The summed E-state index contributed by atoms with van der Waals surface area (Å²) in [5, 5.41) is 3.74. The monoisotopic (exact) mass is 241 g/mol. The Balaban J connectivity index is 2.53. The Morgan fingerprint density at radius 3 is 2.85 bits per heavy atom. The van der Waals surface area contributed by atoms with Crippen LogP contribution in [0.4, 0.5) is 4.39 Å². The molecule has 0 bridgehead atoms. The molecule has 66 valence electrons. The lowest BCUT2D eigenvalue weighted by atomic mass is 10.1. The minimum absolute atomic E-state index is 0.285. The van der Waals surface area contributed by atoms with Gasteiger partial charge in [0.15, 0.2) is 0 Å². The van der Waals surface area contributed by atoms with E-state index in [0.29, 0.717) is 11.3 Å². The van der Waals surface area contributed by atoms with Crippen molar-refractivity contribution in [3.63, 3.8) is 0 Å². The second kappa shape index (κ2) is 3.30. The van der Waals surface area contributed by atoms with Crippen LogP contribution in [0.3, 0.4) is 0 Å². The van der Waals surface area contributed by atoms with Crippen LogP contribution in [0.25, 0.3) is 11.3 Å². The van der Waals surface area contributed by atoms with E-state index in [1.54, 1.807) is 12.1 Å². The van der Waals surface area contributed by atoms with E-state index in [-0.39, 0.29) is 5.82 Å². The topological polar surface area (TPSA) is 26.0 Å². The molecule has 2 nitrogen and oxygen atoms in total. The number of halogens is 2. The smallest absolute Gasteiger partial charge is 0.138 e. The first-order valence-corrected chi connectivity index (χ1v) is 4.42. The second-order valence-electron chi connectivity index (χ2n) is 2.52. The molecule has 1 heterocycles. The molecule has 0 aliphatic rings. The number of rotatable bonds is 1. The molecule has 0 fully saturated rings. The third-order valence-electron chi connectivity index (χ3n) is 1.62. The van der Waals surface area contributed by atoms with E-state index in [9.17, 15) is 4.39 Å². The summed E-state index contributed by atoms with van der Waals surface area (Å²) in [5.41, 5.74) is 1.31. The van der Waals surface area contributed by atoms with Gasteiger partial charge in [-0.3, -0.25) is 0 Å². The van der Waals surface area contributed by atoms with Gasteiger partial charge >= 0.3 is 0 Å². The molecule has 2 rings (SSSR count). The van der Waals surface area contributed by atoms with Crippen molar-refractivity contribution in [3.8, 4) is 11.3 Å². The van der Waals surface area contributed by atoms with Crippen molar-refractivity contribution in [1.29, 1.82) is 0 Å². The van der Waals surface area contributed by atoms with Crippen molar-refractivity contribution < 1.29 is 8.91 Å². The molecule has 0 saturated heterocycles. The zero-order valence-electron chi connectivity index (χ0n) is 6.50. The van der Waals surface area contributed by atoms with Crippen molar-refractivity contribution >= 4 is 15.9 Å². The van der Waals surface area contributed by atoms with Gasteiger partial charge in [0.05, 0.1) is 4.47 Å². The van der Waals surface area contributed by atoms with Gasteiger partial charge in [-0.15, -0.1) is 0 Å². The van der Waals surface area contributed by atoms with Gasteiger partial charge in [-0.1, -0.05) is 17.3 Å². The zero-order chi connectivity index (χ0) is 9.26. The molecular formula is C9H5BrFNO. The summed E-state index contributed by atoms with van der Waals surface area (Å²) in [6.45, 7) is 0. The SMILES string of the molecule is Fc1cccc(-c2nocc2Br)c1. The Bertz CT molecular complexity index is 427. The van der Waals surface area contributed by atoms with Crippen LogP contribution in [-0.2, 0) is 0 Å². The standard InChI is InChI=1S/C9H5BrFNO/c10-8-5-13-12-9(8)6-2-1-3-7(11)4-6/h1-5H. The van der Waals surface area contributed by atoms with Crippen LogP contribution >= 0.6 is 15.9 Å². The Labute approximate surface area is 82.5 Å². The third kappa shape index (κ3) is 1.62. The van der Waals surface area contributed by atoms with Crippen LogP contribution in [0, 0.1) is 5.82 Å². The highest BCUT2D eigenvalue weighted by molar-refractivity contribution is 9.10. The summed E-state index contributed by atoms with van der Waals surface area (Å²) < 4.78 is 18.3. The zero-order valence-corrected chi connectivity index (χ0v) is 8.08. The molecule has 0 amide bonds. The van der Waals surface area contributed by atoms with Gasteiger partial charge < -0.3 is 4.52 Å². The van der Waals surface area contributed by atoms with E-state index < -0.39 is 0 Å². The molecular weight excluding hydrogens is 237 g/mol. The van der Waals surface area contributed by atoms with Crippen molar-refractivity contribution in [2.45, 2.75) is 0 Å². The highest BCUT2D eigenvalue weighted by atomic mass is 79.9. The van der Waals surface area contributed by atoms with Crippen molar-refractivity contribution in [1.82, 2.24) is 5.16 Å². The molecule has 0 atom stereocenters. The summed E-state index contributed by atoms with van der Waals surface area (Å²) >= 11 is 3.25. The Hall–Kier alpha value is -1.16. The summed E-state index contributed by atoms with van der Waals surface area (Å²) in [6.07, 6.45) is 1.46. The highest BCUT2D eigenvalue weighted by Gasteiger charge is 2.07. The maximum absolute atomic E-state index is 12.8. The van der Waals surface area contributed by atoms with Crippen LogP contribution in [-0.4, -0.2) is 5.16 Å². The summed E-state index contributed by atoms with van der Waals surface area (Å²) in [6, 6.07) is 6.19. The fourth-order valence-corrected chi connectivity index (χ4v) is 1.44. The molecule has 2 aromatic rings. The van der Waals surface area contributed by atoms with Gasteiger partial charge in [0.2, 0.25) is 0 Å². The summed E-state index contributed by atoms with van der Waals surface area (Å²) in [7, 11) is 0. The van der Waals surface area contributed by atoms with E-state index in [4.69, 9.17) is 4.52 Å². The maximum Gasteiger partial charge on any atom is 0.138 e. The van der Waals surface area contributed by atoms with Crippen LogP contribution in [0.2, 0.25) is 0 Å².